The quantitative estimate of drug-likeness (QED) is 0.265. The Hall–Kier alpha value is -0.980. The van der Waals surface area contributed by atoms with Crippen molar-refractivity contribution in [3.05, 3.63) is 4.91 Å². The van der Waals surface area contributed by atoms with Crippen molar-refractivity contribution in [3.8, 4) is 0 Å². The van der Waals surface area contributed by atoms with E-state index in [4.69, 9.17) is 14.9 Å². The van der Waals surface area contributed by atoms with E-state index in [2.05, 4.69) is 5.29 Å². The Morgan fingerprint density at radius 3 is 2.43 bits per heavy atom. The van der Waals surface area contributed by atoms with Crippen LogP contribution in [0.4, 0.5) is 0 Å². The van der Waals surface area contributed by atoms with Gasteiger partial charge in [0, 0.05) is 6.16 Å². The minimum Gasteiger partial charge on any atom is -0.480 e. The molecule has 0 saturated carbocycles. The molecule has 0 rings (SSSR count). The van der Waals surface area contributed by atoms with Gasteiger partial charge in [-0.15, -0.1) is 4.91 Å². The molecule has 82 valence electrons. The Balaban J connectivity index is 3.89. The average molecular weight is 226 g/mol. The van der Waals surface area contributed by atoms with Crippen LogP contribution in [-0.4, -0.2) is 33.1 Å². The predicted octanol–water partition coefficient (Wildman–Crippen LogP) is -0.332. The average Bonchev–Trinajstić information content (AvgIpc) is 2.00. The Morgan fingerprint density at radius 2 is 2.07 bits per heavy atom. The number of carbonyl (C=O) groups is 1. The topological polar surface area (TPSA) is 136 Å². The van der Waals surface area contributed by atoms with Gasteiger partial charge in [0.1, 0.15) is 6.04 Å². The second kappa shape index (κ2) is 5.69. The van der Waals surface area contributed by atoms with Crippen LogP contribution in [0.15, 0.2) is 5.29 Å². The Labute approximate surface area is 79.4 Å². The lowest BCUT2D eigenvalue weighted by Crippen LogP contribution is -2.32. The van der Waals surface area contributed by atoms with Crippen LogP contribution in [0.25, 0.3) is 0 Å². The second-order valence-electron chi connectivity index (χ2n) is 2.64. The molecule has 0 saturated heterocycles. The summed E-state index contributed by atoms with van der Waals surface area (Å²) in [6, 6.07) is -1.20. The van der Waals surface area contributed by atoms with Crippen LogP contribution < -0.4 is 5.43 Å². The molecule has 9 heteroatoms. The van der Waals surface area contributed by atoms with Gasteiger partial charge in [0.05, 0.1) is 5.29 Å². The monoisotopic (exact) mass is 226 g/mol. The van der Waals surface area contributed by atoms with Gasteiger partial charge in [0.2, 0.25) is 0 Å². The third-order valence-electron chi connectivity index (χ3n) is 1.45. The molecule has 0 bridgehead atoms. The first-order valence-electron chi connectivity index (χ1n) is 3.72. The number of hydrogen-bond acceptors (Lipinski definition) is 4. The SMILES string of the molecule is O=NNC(CCCP(=O)(O)O)C(=O)O. The molecule has 0 aliphatic heterocycles. The summed E-state index contributed by atoms with van der Waals surface area (Å²) in [7, 11) is -4.10. The highest BCUT2D eigenvalue weighted by Crippen LogP contribution is 2.35. The van der Waals surface area contributed by atoms with Crippen molar-refractivity contribution < 1.29 is 24.3 Å². The van der Waals surface area contributed by atoms with Gasteiger partial charge in [-0.25, -0.2) is 4.79 Å². The molecule has 0 aliphatic rings. The Kier molecular flexibility index (Phi) is 5.29. The smallest absolute Gasteiger partial charge is 0.327 e. The molecular formula is C5H11N2O6P. The van der Waals surface area contributed by atoms with Crippen molar-refractivity contribution in [1.29, 1.82) is 0 Å². The first kappa shape index (κ1) is 13.0. The zero-order valence-corrected chi connectivity index (χ0v) is 8.05. The molecule has 4 N–H and O–H groups in total. The third kappa shape index (κ3) is 6.53. The highest BCUT2D eigenvalue weighted by Gasteiger charge is 2.19. The molecular weight excluding hydrogens is 215 g/mol. The fraction of sp³-hybridized carbons (Fsp3) is 0.800. The van der Waals surface area contributed by atoms with Crippen molar-refractivity contribution in [2.75, 3.05) is 6.16 Å². The molecule has 0 aromatic carbocycles. The van der Waals surface area contributed by atoms with Crippen LogP contribution >= 0.6 is 7.60 Å². The van der Waals surface area contributed by atoms with Gasteiger partial charge in [0.25, 0.3) is 0 Å². The number of aliphatic carboxylic acids is 1. The summed E-state index contributed by atoms with van der Waals surface area (Å²) >= 11 is 0. The molecule has 0 aromatic rings. The van der Waals surface area contributed by atoms with Crippen LogP contribution in [0.3, 0.4) is 0 Å². The summed E-state index contributed by atoms with van der Waals surface area (Å²) in [5.41, 5.74) is 1.79. The number of hydrogen-bond donors (Lipinski definition) is 4. The van der Waals surface area contributed by atoms with Crippen LogP contribution in [0.5, 0.6) is 0 Å². The van der Waals surface area contributed by atoms with E-state index in [1.807, 2.05) is 0 Å². The van der Waals surface area contributed by atoms with Gasteiger partial charge in [0.15, 0.2) is 0 Å². The summed E-state index contributed by atoms with van der Waals surface area (Å²) in [4.78, 5) is 37.0. The zero-order chi connectivity index (χ0) is 11.2. The summed E-state index contributed by atoms with van der Waals surface area (Å²) in [5, 5.41) is 10.7. The van der Waals surface area contributed by atoms with Crippen molar-refractivity contribution in [1.82, 2.24) is 5.43 Å². The van der Waals surface area contributed by atoms with Gasteiger partial charge >= 0.3 is 13.6 Å². The second-order valence-corrected chi connectivity index (χ2v) is 4.42. The minimum atomic E-state index is -4.10. The largest absolute Gasteiger partial charge is 0.480 e. The molecule has 0 radical (unpaired) electrons. The summed E-state index contributed by atoms with van der Waals surface area (Å²) in [6.45, 7) is 0. The van der Waals surface area contributed by atoms with Gasteiger partial charge in [-0.1, -0.05) is 0 Å². The fourth-order valence-corrected chi connectivity index (χ4v) is 1.40. The molecule has 1 unspecified atom stereocenters. The number of nitrogens with one attached hydrogen (secondary N) is 1. The Morgan fingerprint density at radius 1 is 1.50 bits per heavy atom. The van der Waals surface area contributed by atoms with E-state index in [-0.39, 0.29) is 12.8 Å². The standard InChI is InChI=1S/C5H11N2O6P/c8-5(9)4(6-7-10)2-1-3-14(11,12)13/h4H,1-3H2,(H,6,10)(H,8,9)(H2,11,12,13). The predicted molar refractivity (Wildman–Crippen MR) is 46.5 cm³/mol. The maximum absolute atomic E-state index is 10.4. The molecule has 0 spiro atoms. The number of carboxylic acids is 1. The summed E-state index contributed by atoms with van der Waals surface area (Å²) in [6.07, 6.45) is -0.465. The lowest BCUT2D eigenvalue weighted by molar-refractivity contribution is -0.139. The lowest BCUT2D eigenvalue weighted by Gasteiger charge is -2.09. The number of carboxylic acid groups (broad SMARTS) is 1. The van der Waals surface area contributed by atoms with E-state index in [1.165, 1.54) is 0 Å². The van der Waals surface area contributed by atoms with Crippen molar-refractivity contribution in [2.45, 2.75) is 18.9 Å². The number of nitrogens with zero attached hydrogens (tertiary/aromatic N) is 1. The maximum Gasteiger partial charge on any atom is 0.327 e. The normalized spacial score (nSPS) is 13.3. The molecule has 14 heavy (non-hydrogen) atoms. The molecule has 0 heterocycles. The third-order valence-corrected chi connectivity index (χ3v) is 2.35. The molecule has 0 aliphatic carbocycles. The van der Waals surface area contributed by atoms with Crippen molar-refractivity contribution >= 4 is 13.6 Å². The number of nitroso groups, excluding NO2 is 1. The molecule has 1 atom stereocenters. The highest BCUT2D eigenvalue weighted by molar-refractivity contribution is 7.51. The lowest BCUT2D eigenvalue weighted by atomic mass is 10.2. The molecule has 0 amide bonds. The summed E-state index contributed by atoms with van der Waals surface area (Å²) < 4.78 is 10.4. The van der Waals surface area contributed by atoms with E-state index >= 15 is 0 Å². The number of rotatable bonds is 7. The van der Waals surface area contributed by atoms with E-state index < -0.39 is 25.8 Å². The van der Waals surface area contributed by atoms with Gasteiger partial charge in [-0.2, -0.15) is 0 Å². The van der Waals surface area contributed by atoms with E-state index in [1.54, 1.807) is 5.43 Å². The van der Waals surface area contributed by atoms with E-state index in [0.717, 1.165) is 0 Å². The van der Waals surface area contributed by atoms with Crippen molar-refractivity contribution in [2.24, 2.45) is 5.29 Å². The first-order chi connectivity index (χ1) is 6.37. The van der Waals surface area contributed by atoms with Crippen LogP contribution in [0.1, 0.15) is 12.8 Å². The van der Waals surface area contributed by atoms with E-state index in [0.29, 0.717) is 0 Å². The maximum atomic E-state index is 10.4. The Bertz CT molecular complexity index is 251. The molecule has 0 fully saturated rings. The van der Waals surface area contributed by atoms with E-state index in [9.17, 15) is 14.3 Å². The first-order valence-corrected chi connectivity index (χ1v) is 5.52. The van der Waals surface area contributed by atoms with Crippen LogP contribution in [-0.2, 0) is 9.36 Å². The molecule has 8 nitrogen and oxygen atoms in total. The van der Waals surface area contributed by atoms with Gasteiger partial charge in [-0.3, -0.25) is 9.99 Å². The van der Waals surface area contributed by atoms with Crippen LogP contribution in [0, 0.1) is 4.91 Å². The van der Waals surface area contributed by atoms with Gasteiger partial charge in [-0.05, 0) is 12.8 Å². The fourth-order valence-electron chi connectivity index (χ4n) is 0.808. The van der Waals surface area contributed by atoms with Gasteiger partial charge < -0.3 is 14.9 Å². The van der Waals surface area contributed by atoms with Crippen LogP contribution in [0.2, 0.25) is 0 Å². The van der Waals surface area contributed by atoms with Crippen molar-refractivity contribution in [3.63, 3.8) is 0 Å². The zero-order valence-electron chi connectivity index (χ0n) is 7.16. The minimum absolute atomic E-state index is 0.00373. The summed E-state index contributed by atoms with van der Waals surface area (Å²) in [5.74, 6) is -1.28. The molecule has 0 aromatic heterocycles. The highest BCUT2D eigenvalue weighted by atomic mass is 31.2.